The summed E-state index contributed by atoms with van der Waals surface area (Å²) in [6, 6.07) is 0. The van der Waals surface area contributed by atoms with Crippen LogP contribution in [0.2, 0.25) is 0 Å². The highest BCUT2D eigenvalue weighted by Gasteiger charge is 2.43. The number of unbranched alkanes of at least 4 members (excludes halogenated alkanes) is 2. The zero-order valence-electron chi connectivity index (χ0n) is 11.2. The van der Waals surface area contributed by atoms with Crippen LogP contribution < -0.4 is 0 Å². The minimum atomic E-state index is 0.576. The van der Waals surface area contributed by atoms with Crippen molar-refractivity contribution in [1.29, 1.82) is 0 Å². The maximum absolute atomic E-state index is 6.29. The lowest BCUT2D eigenvalue weighted by Gasteiger charge is -2.29. The van der Waals surface area contributed by atoms with Gasteiger partial charge in [0.2, 0.25) is 0 Å². The Hall–Kier alpha value is -0.0400. The van der Waals surface area contributed by atoms with Crippen LogP contribution in [0.5, 0.6) is 0 Å². The van der Waals surface area contributed by atoms with Gasteiger partial charge in [-0.05, 0) is 37.0 Å². The van der Waals surface area contributed by atoms with Gasteiger partial charge in [0.1, 0.15) is 0 Å². The molecule has 1 heterocycles. The van der Waals surface area contributed by atoms with Crippen LogP contribution in [-0.2, 0) is 4.74 Å². The summed E-state index contributed by atoms with van der Waals surface area (Å²) < 4.78 is 6.29. The maximum Gasteiger partial charge on any atom is 0.0613 e. The highest BCUT2D eigenvalue weighted by atomic mass is 16.5. The molecule has 2 fully saturated rings. The second-order valence-corrected chi connectivity index (χ2v) is 6.15. The van der Waals surface area contributed by atoms with E-state index in [1.54, 1.807) is 0 Å². The van der Waals surface area contributed by atoms with Crippen molar-refractivity contribution in [2.75, 3.05) is 0 Å². The van der Waals surface area contributed by atoms with E-state index in [2.05, 4.69) is 20.8 Å². The molecule has 94 valence electrons. The van der Waals surface area contributed by atoms with Gasteiger partial charge in [-0.3, -0.25) is 0 Å². The Kier molecular flexibility index (Phi) is 4.29. The van der Waals surface area contributed by atoms with Crippen molar-refractivity contribution in [3.8, 4) is 0 Å². The molecule has 0 aromatic carbocycles. The second kappa shape index (κ2) is 5.53. The largest absolute Gasteiger partial charge is 0.374 e. The molecule has 16 heavy (non-hydrogen) atoms. The minimum Gasteiger partial charge on any atom is -0.374 e. The van der Waals surface area contributed by atoms with Crippen molar-refractivity contribution in [1.82, 2.24) is 0 Å². The van der Waals surface area contributed by atoms with Gasteiger partial charge in [0.15, 0.2) is 0 Å². The first-order valence-electron chi connectivity index (χ1n) is 7.37. The fourth-order valence-electron chi connectivity index (χ4n) is 3.66. The van der Waals surface area contributed by atoms with Crippen LogP contribution in [0, 0.1) is 17.8 Å². The summed E-state index contributed by atoms with van der Waals surface area (Å²) >= 11 is 0. The molecule has 0 spiro atoms. The third kappa shape index (κ3) is 2.61. The molecule has 1 nitrogen and oxygen atoms in total. The zero-order chi connectivity index (χ0) is 11.5. The van der Waals surface area contributed by atoms with Crippen molar-refractivity contribution < 1.29 is 4.74 Å². The predicted octanol–water partition coefficient (Wildman–Crippen LogP) is 4.41. The Balaban J connectivity index is 1.84. The molecule has 1 aliphatic heterocycles. The average molecular weight is 224 g/mol. The standard InChI is InChI=1S/C15H28O/c1-4-5-6-7-14-12(3)13-9-8-11(2)10-15(13)16-14/h11-15H,4-10H2,1-3H3. The third-order valence-corrected chi connectivity index (χ3v) is 4.81. The number of ether oxygens (including phenoxy) is 1. The number of fused-ring (bicyclic) bond motifs is 1. The van der Waals surface area contributed by atoms with Gasteiger partial charge in [-0.1, -0.05) is 46.5 Å². The fraction of sp³-hybridized carbons (Fsp3) is 1.00. The van der Waals surface area contributed by atoms with E-state index < -0.39 is 0 Å². The summed E-state index contributed by atoms with van der Waals surface area (Å²) in [4.78, 5) is 0. The van der Waals surface area contributed by atoms with Crippen LogP contribution in [-0.4, -0.2) is 12.2 Å². The van der Waals surface area contributed by atoms with Crippen LogP contribution in [0.15, 0.2) is 0 Å². The topological polar surface area (TPSA) is 9.23 Å². The van der Waals surface area contributed by atoms with Gasteiger partial charge in [0.25, 0.3) is 0 Å². The van der Waals surface area contributed by atoms with E-state index >= 15 is 0 Å². The molecule has 5 atom stereocenters. The predicted molar refractivity (Wildman–Crippen MR) is 68.5 cm³/mol. The van der Waals surface area contributed by atoms with Crippen molar-refractivity contribution in [2.24, 2.45) is 17.8 Å². The first-order valence-corrected chi connectivity index (χ1v) is 7.37. The molecular weight excluding hydrogens is 196 g/mol. The molecule has 2 aliphatic rings. The Labute approximate surface area is 101 Å². The molecule has 0 amide bonds. The molecule has 2 rings (SSSR count). The van der Waals surface area contributed by atoms with Crippen molar-refractivity contribution >= 4 is 0 Å². The third-order valence-electron chi connectivity index (χ3n) is 4.81. The van der Waals surface area contributed by atoms with Crippen LogP contribution in [0.1, 0.15) is 65.7 Å². The molecule has 0 radical (unpaired) electrons. The van der Waals surface area contributed by atoms with E-state index in [0.717, 1.165) is 17.8 Å². The lowest BCUT2D eigenvalue weighted by molar-refractivity contribution is 0.00183. The summed E-state index contributed by atoms with van der Waals surface area (Å²) in [5, 5.41) is 0. The summed E-state index contributed by atoms with van der Waals surface area (Å²) in [7, 11) is 0. The molecule has 0 aromatic heterocycles. The maximum atomic E-state index is 6.29. The van der Waals surface area contributed by atoms with E-state index in [1.807, 2.05) is 0 Å². The van der Waals surface area contributed by atoms with E-state index in [9.17, 15) is 0 Å². The normalized spacial score (nSPS) is 43.3. The summed E-state index contributed by atoms with van der Waals surface area (Å²) in [5.74, 6) is 2.58. The van der Waals surface area contributed by atoms with Gasteiger partial charge in [0.05, 0.1) is 12.2 Å². The molecule has 0 bridgehead atoms. The van der Waals surface area contributed by atoms with Gasteiger partial charge in [-0.15, -0.1) is 0 Å². The van der Waals surface area contributed by atoms with Crippen molar-refractivity contribution in [3.05, 3.63) is 0 Å². The van der Waals surface area contributed by atoms with Crippen molar-refractivity contribution in [3.63, 3.8) is 0 Å². The average Bonchev–Trinajstić information content (AvgIpc) is 2.56. The van der Waals surface area contributed by atoms with Gasteiger partial charge >= 0.3 is 0 Å². The molecule has 1 saturated carbocycles. The van der Waals surface area contributed by atoms with E-state index in [0.29, 0.717) is 12.2 Å². The lowest BCUT2D eigenvalue weighted by atomic mass is 9.75. The zero-order valence-corrected chi connectivity index (χ0v) is 11.2. The quantitative estimate of drug-likeness (QED) is 0.643. The molecular formula is C15H28O. The second-order valence-electron chi connectivity index (χ2n) is 6.15. The summed E-state index contributed by atoms with van der Waals surface area (Å²) in [5.41, 5.74) is 0. The summed E-state index contributed by atoms with van der Waals surface area (Å²) in [6.07, 6.45) is 10.7. The first-order chi connectivity index (χ1) is 7.72. The Morgan fingerprint density at radius 1 is 1.12 bits per heavy atom. The van der Waals surface area contributed by atoms with Gasteiger partial charge in [-0.25, -0.2) is 0 Å². The molecule has 5 unspecified atom stereocenters. The van der Waals surface area contributed by atoms with E-state index in [4.69, 9.17) is 4.74 Å². The molecule has 0 N–H and O–H groups in total. The van der Waals surface area contributed by atoms with E-state index in [-0.39, 0.29) is 0 Å². The lowest BCUT2D eigenvalue weighted by Crippen LogP contribution is -2.27. The van der Waals surface area contributed by atoms with Crippen LogP contribution in [0.25, 0.3) is 0 Å². The smallest absolute Gasteiger partial charge is 0.0613 e. The molecule has 1 saturated heterocycles. The molecule has 1 aliphatic carbocycles. The Morgan fingerprint density at radius 2 is 1.94 bits per heavy atom. The number of hydrogen-bond acceptors (Lipinski definition) is 1. The van der Waals surface area contributed by atoms with E-state index in [1.165, 1.54) is 44.9 Å². The van der Waals surface area contributed by atoms with Crippen LogP contribution in [0.4, 0.5) is 0 Å². The van der Waals surface area contributed by atoms with Crippen LogP contribution in [0.3, 0.4) is 0 Å². The summed E-state index contributed by atoms with van der Waals surface area (Å²) in [6.45, 7) is 7.09. The highest BCUT2D eigenvalue weighted by molar-refractivity contribution is 4.91. The Bertz CT molecular complexity index is 213. The van der Waals surface area contributed by atoms with Gasteiger partial charge < -0.3 is 4.74 Å². The molecule has 1 heteroatoms. The number of rotatable bonds is 4. The first kappa shape index (κ1) is 12.4. The van der Waals surface area contributed by atoms with Crippen molar-refractivity contribution in [2.45, 2.75) is 77.9 Å². The van der Waals surface area contributed by atoms with Gasteiger partial charge in [0, 0.05) is 0 Å². The monoisotopic (exact) mass is 224 g/mol. The fourth-order valence-corrected chi connectivity index (χ4v) is 3.66. The highest BCUT2D eigenvalue weighted by Crippen LogP contribution is 2.44. The molecule has 0 aromatic rings. The minimum absolute atomic E-state index is 0.576. The van der Waals surface area contributed by atoms with Gasteiger partial charge in [-0.2, -0.15) is 0 Å². The Morgan fingerprint density at radius 3 is 2.69 bits per heavy atom. The van der Waals surface area contributed by atoms with Crippen LogP contribution >= 0.6 is 0 Å². The SMILES string of the molecule is CCCCCC1OC2CC(C)CCC2C1C. The number of hydrogen-bond donors (Lipinski definition) is 0.